The van der Waals surface area contributed by atoms with Crippen LogP contribution >= 0.6 is 0 Å². The van der Waals surface area contributed by atoms with Gasteiger partial charge >= 0.3 is 12.0 Å². The normalized spacial score (nSPS) is 23.6. The van der Waals surface area contributed by atoms with E-state index in [9.17, 15) is 9.59 Å². The SMILES string of the molecule is Nc1ccc(C2NC(=O)NC(C3CC3)=C2C(=O)OCC2CCCCC2)cc1. The summed E-state index contributed by atoms with van der Waals surface area (Å²) in [5, 5.41) is 5.75. The molecule has 1 atom stereocenters. The molecule has 1 aliphatic heterocycles. The highest BCUT2D eigenvalue weighted by Crippen LogP contribution is 2.41. The average Bonchev–Trinajstić information content (AvgIpc) is 3.52. The molecule has 27 heavy (non-hydrogen) atoms. The standard InChI is InChI=1S/C21H27N3O3/c22-16-10-8-15(9-11-16)19-17(18(14-6-7-14)23-21(26)24-19)20(25)27-12-13-4-2-1-3-5-13/h8-11,13-14,19H,1-7,12,22H2,(H2,23,24,26). The molecule has 0 spiro atoms. The van der Waals surface area contributed by atoms with Crippen molar-refractivity contribution in [3.8, 4) is 0 Å². The Hall–Kier alpha value is -2.50. The zero-order valence-electron chi connectivity index (χ0n) is 15.5. The van der Waals surface area contributed by atoms with Crippen LogP contribution in [0.25, 0.3) is 0 Å². The summed E-state index contributed by atoms with van der Waals surface area (Å²) in [6.07, 6.45) is 7.92. The third kappa shape index (κ3) is 4.10. The van der Waals surface area contributed by atoms with Gasteiger partial charge in [-0.15, -0.1) is 0 Å². The molecule has 1 unspecified atom stereocenters. The Kier molecular flexibility index (Phi) is 5.05. The van der Waals surface area contributed by atoms with Gasteiger partial charge in [-0.05, 0) is 55.2 Å². The Morgan fingerprint density at radius 3 is 2.44 bits per heavy atom. The molecule has 2 fully saturated rings. The number of carbonyl (C=O) groups is 2. The number of rotatable bonds is 5. The maximum Gasteiger partial charge on any atom is 0.338 e. The Labute approximate surface area is 159 Å². The molecule has 1 aromatic rings. The zero-order chi connectivity index (χ0) is 18.8. The molecule has 2 saturated carbocycles. The van der Waals surface area contributed by atoms with Gasteiger partial charge in [-0.1, -0.05) is 31.4 Å². The van der Waals surface area contributed by atoms with Crippen molar-refractivity contribution >= 4 is 17.7 Å². The van der Waals surface area contributed by atoms with E-state index in [4.69, 9.17) is 10.5 Å². The van der Waals surface area contributed by atoms with Gasteiger partial charge < -0.3 is 21.1 Å². The number of hydrogen-bond acceptors (Lipinski definition) is 4. The highest BCUT2D eigenvalue weighted by molar-refractivity contribution is 5.95. The molecule has 0 radical (unpaired) electrons. The van der Waals surface area contributed by atoms with E-state index in [1.807, 2.05) is 12.1 Å². The highest BCUT2D eigenvalue weighted by atomic mass is 16.5. The summed E-state index contributed by atoms with van der Waals surface area (Å²) in [5.74, 6) is 0.371. The van der Waals surface area contributed by atoms with Crippen LogP contribution in [0, 0.1) is 11.8 Å². The van der Waals surface area contributed by atoms with Crippen molar-refractivity contribution in [2.24, 2.45) is 11.8 Å². The molecule has 4 rings (SSSR count). The lowest BCUT2D eigenvalue weighted by Gasteiger charge is -2.30. The molecule has 2 aliphatic carbocycles. The molecule has 3 aliphatic rings. The molecule has 6 nitrogen and oxygen atoms in total. The number of nitrogens with two attached hydrogens (primary N) is 1. The lowest BCUT2D eigenvalue weighted by Crippen LogP contribution is -2.46. The van der Waals surface area contributed by atoms with Crippen LogP contribution in [0.3, 0.4) is 0 Å². The van der Waals surface area contributed by atoms with Crippen molar-refractivity contribution in [2.75, 3.05) is 12.3 Å². The second-order valence-corrected chi connectivity index (χ2v) is 7.90. The number of nitrogen functional groups attached to an aromatic ring is 1. The van der Waals surface area contributed by atoms with Gasteiger partial charge in [0.05, 0.1) is 18.2 Å². The monoisotopic (exact) mass is 369 g/mol. The number of carbonyl (C=O) groups excluding carboxylic acids is 2. The van der Waals surface area contributed by atoms with Gasteiger partial charge in [-0.3, -0.25) is 0 Å². The fourth-order valence-corrected chi connectivity index (χ4v) is 4.07. The number of esters is 1. The summed E-state index contributed by atoms with van der Waals surface area (Å²) in [5.41, 5.74) is 8.54. The molecular weight excluding hydrogens is 342 g/mol. The lowest BCUT2D eigenvalue weighted by molar-refractivity contribution is -0.141. The largest absolute Gasteiger partial charge is 0.462 e. The summed E-state index contributed by atoms with van der Waals surface area (Å²) < 4.78 is 5.73. The molecule has 1 heterocycles. The van der Waals surface area contributed by atoms with Crippen LogP contribution in [0.1, 0.15) is 56.6 Å². The van der Waals surface area contributed by atoms with E-state index in [1.165, 1.54) is 19.3 Å². The topological polar surface area (TPSA) is 93.5 Å². The summed E-state index contributed by atoms with van der Waals surface area (Å²) in [6, 6.07) is 6.49. The van der Waals surface area contributed by atoms with Crippen LogP contribution in [0.15, 0.2) is 35.5 Å². The predicted molar refractivity (Wildman–Crippen MR) is 103 cm³/mol. The molecular formula is C21H27N3O3. The summed E-state index contributed by atoms with van der Waals surface area (Å²) in [7, 11) is 0. The smallest absolute Gasteiger partial charge is 0.338 e. The Bertz CT molecular complexity index is 746. The van der Waals surface area contributed by atoms with Crippen molar-refractivity contribution < 1.29 is 14.3 Å². The van der Waals surface area contributed by atoms with Gasteiger partial charge in [0, 0.05) is 11.4 Å². The summed E-state index contributed by atoms with van der Waals surface area (Å²) >= 11 is 0. The first-order valence-electron chi connectivity index (χ1n) is 9.96. The van der Waals surface area contributed by atoms with E-state index in [0.29, 0.717) is 23.8 Å². The number of amides is 2. The average molecular weight is 369 g/mol. The highest BCUT2D eigenvalue weighted by Gasteiger charge is 2.40. The number of ether oxygens (including phenoxy) is 1. The number of anilines is 1. The molecule has 144 valence electrons. The van der Waals surface area contributed by atoms with Gasteiger partial charge in [-0.2, -0.15) is 0 Å². The van der Waals surface area contributed by atoms with Gasteiger partial charge in [0.15, 0.2) is 0 Å². The first-order valence-corrected chi connectivity index (χ1v) is 9.96. The van der Waals surface area contributed by atoms with Crippen LogP contribution < -0.4 is 16.4 Å². The fourth-order valence-electron chi connectivity index (χ4n) is 4.07. The van der Waals surface area contributed by atoms with Crippen LogP contribution in [0.2, 0.25) is 0 Å². The molecule has 4 N–H and O–H groups in total. The summed E-state index contributed by atoms with van der Waals surface area (Å²) in [4.78, 5) is 25.2. The second-order valence-electron chi connectivity index (χ2n) is 7.90. The maximum atomic E-state index is 13.0. The van der Waals surface area contributed by atoms with Crippen molar-refractivity contribution in [1.82, 2.24) is 10.6 Å². The minimum atomic E-state index is -0.506. The zero-order valence-corrected chi connectivity index (χ0v) is 15.5. The van der Waals surface area contributed by atoms with E-state index in [2.05, 4.69) is 10.6 Å². The number of nitrogens with one attached hydrogen (secondary N) is 2. The third-order valence-corrected chi connectivity index (χ3v) is 5.75. The van der Waals surface area contributed by atoms with Crippen LogP contribution in [-0.2, 0) is 9.53 Å². The van der Waals surface area contributed by atoms with Crippen molar-refractivity contribution in [1.29, 1.82) is 0 Å². The van der Waals surface area contributed by atoms with E-state index in [-0.39, 0.29) is 17.9 Å². The fraction of sp³-hybridized carbons (Fsp3) is 0.524. The van der Waals surface area contributed by atoms with E-state index in [1.54, 1.807) is 12.1 Å². The Morgan fingerprint density at radius 1 is 1.07 bits per heavy atom. The second kappa shape index (κ2) is 7.62. The van der Waals surface area contributed by atoms with Gasteiger partial charge in [-0.25, -0.2) is 9.59 Å². The van der Waals surface area contributed by atoms with Crippen molar-refractivity contribution in [2.45, 2.75) is 51.0 Å². The predicted octanol–water partition coefficient (Wildman–Crippen LogP) is 3.41. The first-order chi connectivity index (χ1) is 13.1. The number of allylic oxidation sites excluding steroid dienone is 1. The third-order valence-electron chi connectivity index (χ3n) is 5.75. The van der Waals surface area contributed by atoms with Crippen molar-refractivity contribution in [3.05, 3.63) is 41.1 Å². The number of urea groups is 1. The lowest BCUT2D eigenvalue weighted by atomic mass is 9.90. The number of hydrogen-bond donors (Lipinski definition) is 3. The molecule has 0 aromatic heterocycles. The van der Waals surface area contributed by atoms with Crippen LogP contribution in [0.5, 0.6) is 0 Å². The van der Waals surface area contributed by atoms with Gasteiger partial charge in [0.2, 0.25) is 0 Å². The Morgan fingerprint density at radius 2 is 1.78 bits per heavy atom. The van der Waals surface area contributed by atoms with Crippen LogP contribution in [-0.4, -0.2) is 18.6 Å². The van der Waals surface area contributed by atoms with Crippen molar-refractivity contribution in [3.63, 3.8) is 0 Å². The minimum Gasteiger partial charge on any atom is -0.462 e. The first kappa shape index (κ1) is 17.9. The molecule has 0 bridgehead atoms. The molecule has 6 heteroatoms. The molecule has 0 saturated heterocycles. The number of benzene rings is 1. The van der Waals surface area contributed by atoms with Gasteiger partial charge in [0.1, 0.15) is 0 Å². The minimum absolute atomic E-state index is 0.240. The van der Waals surface area contributed by atoms with Crippen LogP contribution in [0.4, 0.5) is 10.5 Å². The molecule has 2 amide bonds. The van der Waals surface area contributed by atoms with E-state index >= 15 is 0 Å². The quantitative estimate of drug-likeness (QED) is 0.548. The van der Waals surface area contributed by atoms with Gasteiger partial charge in [0.25, 0.3) is 0 Å². The van der Waals surface area contributed by atoms with E-state index < -0.39 is 6.04 Å². The Balaban J connectivity index is 1.58. The van der Waals surface area contributed by atoms with E-state index in [0.717, 1.165) is 36.9 Å². The molecule has 1 aromatic carbocycles. The maximum absolute atomic E-state index is 13.0. The summed E-state index contributed by atoms with van der Waals surface area (Å²) in [6.45, 7) is 0.461.